The van der Waals surface area contributed by atoms with Crippen molar-refractivity contribution in [2.75, 3.05) is 5.32 Å². The third kappa shape index (κ3) is 3.75. The second kappa shape index (κ2) is 5.86. The zero-order chi connectivity index (χ0) is 14.8. The van der Waals surface area contributed by atoms with Gasteiger partial charge in [-0.2, -0.15) is 0 Å². The first-order valence-corrected chi connectivity index (χ1v) is 7.54. The Hall–Kier alpha value is -1.51. The zero-order valence-electron chi connectivity index (χ0n) is 13.0. The van der Waals surface area contributed by atoms with E-state index in [-0.39, 0.29) is 5.91 Å². The SMILES string of the molecule is CC(C)Nc1ccccc1C(=O)NC1CCC(C)(C)C1. The number of benzene rings is 1. The molecule has 0 aromatic heterocycles. The van der Waals surface area contributed by atoms with Gasteiger partial charge in [0.05, 0.1) is 5.56 Å². The summed E-state index contributed by atoms with van der Waals surface area (Å²) < 4.78 is 0. The van der Waals surface area contributed by atoms with Gasteiger partial charge in [-0.05, 0) is 50.7 Å². The Bertz CT molecular complexity index is 480. The second-order valence-electron chi connectivity index (χ2n) is 6.92. The van der Waals surface area contributed by atoms with Crippen LogP contribution in [-0.2, 0) is 0 Å². The normalized spacial score (nSPS) is 20.9. The minimum atomic E-state index is 0.0384. The number of rotatable bonds is 4. The van der Waals surface area contributed by atoms with E-state index < -0.39 is 0 Å². The fourth-order valence-corrected chi connectivity index (χ4v) is 2.94. The molecule has 1 fully saturated rings. The molecule has 20 heavy (non-hydrogen) atoms. The van der Waals surface area contributed by atoms with Gasteiger partial charge in [-0.3, -0.25) is 4.79 Å². The van der Waals surface area contributed by atoms with Crippen molar-refractivity contribution in [1.29, 1.82) is 0 Å². The van der Waals surface area contributed by atoms with E-state index in [0.29, 0.717) is 17.5 Å². The number of carbonyl (C=O) groups excluding carboxylic acids is 1. The van der Waals surface area contributed by atoms with Crippen LogP contribution in [-0.4, -0.2) is 18.0 Å². The van der Waals surface area contributed by atoms with Crippen molar-refractivity contribution < 1.29 is 4.79 Å². The maximum atomic E-state index is 12.5. The highest BCUT2D eigenvalue weighted by molar-refractivity contribution is 5.99. The standard InChI is InChI=1S/C17H26N2O/c1-12(2)18-15-8-6-5-7-14(15)16(20)19-13-9-10-17(3,4)11-13/h5-8,12-13,18H,9-11H2,1-4H3,(H,19,20). The molecule has 3 heteroatoms. The molecule has 0 aliphatic heterocycles. The van der Waals surface area contributed by atoms with Crippen LogP contribution in [0.3, 0.4) is 0 Å². The summed E-state index contributed by atoms with van der Waals surface area (Å²) in [4.78, 5) is 12.5. The molecule has 0 bridgehead atoms. The van der Waals surface area contributed by atoms with Crippen LogP contribution in [0.2, 0.25) is 0 Å². The number of para-hydroxylation sites is 1. The Balaban J connectivity index is 2.06. The molecule has 1 unspecified atom stereocenters. The lowest BCUT2D eigenvalue weighted by Gasteiger charge is -2.19. The van der Waals surface area contributed by atoms with Crippen LogP contribution < -0.4 is 10.6 Å². The van der Waals surface area contributed by atoms with Crippen LogP contribution >= 0.6 is 0 Å². The van der Waals surface area contributed by atoms with Gasteiger partial charge in [-0.15, -0.1) is 0 Å². The van der Waals surface area contributed by atoms with E-state index in [9.17, 15) is 4.79 Å². The Labute approximate surface area is 122 Å². The zero-order valence-corrected chi connectivity index (χ0v) is 13.0. The van der Waals surface area contributed by atoms with Crippen LogP contribution in [0.1, 0.15) is 57.3 Å². The smallest absolute Gasteiger partial charge is 0.253 e. The Morgan fingerprint density at radius 1 is 1.30 bits per heavy atom. The maximum absolute atomic E-state index is 12.5. The Morgan fingerprint density at radius 2 is 2.00 bits per heavy atom. The monoisotopic (exact) mass is 274 g/mol. The van der Waals surface area contributed by atoms with Crippen LogP contribution in [0.4, 0.5) is 5.69 Å². The number of hydrogen-bond acceptors (Lipinski definition) is 2. The lowest BCUT2D eigenvalue weighted by molar-refractivity contribution is 0.0937. The van der Waals surface area contributed by atoms with Crippen LogP contribution in [0, 0.1) is 5.41 Å². The minimum absolute atomic E-state index is 0.0384. The first-order valence-electron chi connectivity index (χ1n) is 7.54. The highest BCUT2D eigenvalue weighted by atomic mass is 16.1. The third-order valence-electron chi connectivity index (χ3n) is 3.92. The van der Waals surface area contributed by atoms with Gasteiger partial charge in [-0.1, -0.05) is 26.0 Å². The molecular weight excluding hydrogens is 248 g/mol. The first kappa shape index (κ1) is 14.9. The molecule has 1 amide bonds. The van der Waals surface area contributed by atoms with Crippen molar-refractivity contribution in [3.63, 3.8) is 0 Å². The number of hydrogen-bond donors (Lipinski definition) is 2. The van der Waals surface area contributed by atoms with Gasteiger partial charge in [0.2, 0.25) is 0 Å². The number of nitrogens with one attached hydrogen (secondary N) is 2. The van der Waals surface area contributed by atoms with E-state index in [2.05, 4.69) is 38.3 Å². The molecule has 1 atom stereocenters. The number of anilines is 1. The summed E-state index contributed by atoms with van der Waals surface area (Å²) in [5.74, 6) is 0.0384. The van der Waals surface area contributed by atoms with E-state index >= 15 is 0 Å². The van der Waals surface area contributed by atoms with E-state index in [1.165, 1.54) is 6.42 Å². The van der Waals surface area contributed by atoms with Gasteiger partial charge >= 0.3 is 0 Å². The molecule has 0 radical (unpaired) electrons. The molecule has 0 heterocycles. The van der Waals surface area contributed by atoms with Gasteiger partial charge in [0.15, 0.2) is 0 Å². The van der Waals surface area contributed by atoms with Gasteiger partial charge < -0.3 is 10.6 Å². The average molecular weight is 274 g/mol. The van der Waals surface area contributed by atoms with Crippen LogP contribution in [0.15, 0.2) is 24.3 Å². The summed E-state index contributed by atoms with van der Waals surface area (Å²) >= 11 is 0. The van der Waals surface area contributed by atoms with E-state index in [1.54, 1.807) is 0 Å². The predicted octanol–water partition coefficient (Wildman–Crippen LogP) is 3.82. The maximum Gasteiger partial charge on any atom is 0.253 e. The molecule has 1 aliphatic carbocycles. The third-order valence-corrected chi connectivity index (χ3v) is 3.92. The van der Waals surface area contributed by atoms with E-state index in [1.807, 2.05) is 24.3 Å². The average Bonchev–Trinajstić information content (AvgIpc) is 2.68. The van der Waals surface area contributed by atoms with Gasteiger partial charge in [-0.25, -0.2) is 0 Å². The van der Waals surface area contributed by atoms with Crippen LogP contribution in [0.5, 0.6) is 0 Å². The van der Waals surface area contributed by atoms with Crippen molar-refractivity contribution in [2.24, 2.45) is 5.41 Å². The van der Waals surface area contributed by atoms with Crippen molar-refractivity contribution in [2.45, 2.75) is 59.0 Å². The molecule has 0 saturated heterocycles. The molecule has 2 N–H and O–H groups in total. The molecule has 2 rings (SSSR count). The molecule has 1 aliphatic rings. The molecular formula is C17H26N2O. The predicted molar refractivity (Wildman–Crippen MR) is 84.1 cm³/mol. The fraction of sp³-hybridized carbons (Fsp3) is 0.588. The summed E-state index contributed by atoms with van der Waals surface area (Å²) in [6.45, 7) is 8.70. The molecule has 1 aromatic carbocycles. The van der Waals surface area contributed by atoms with Crippen molar-refractivity contribution in [3.05, 3.63) is 29.8 Å². The molecule has 1 saturated carbocycles. The molecule has 110 valence electrons. The lowest BCUT2D eigenvalue weighted by Crippen LogP contribution is -2.34. The highest BCUT2D eigenvalue weighted by Crippen LogP contribution is 2.37. The topological polar surface area (TPSA) is 41.1 Å². The highest BCUT2D eigenvalue weighted by Gasteiger charge is 2.32. The quantitative estimate of drug-likeness (QED) is 0.876. The van der Waals surface area contributed by atoms with Crippen LogP contribution in [0.25, 0.3) is 0 Å². The van der Waals surface area contributed by atoms with Gasteiger partial charge in [0.25, 0.3) is 5.91 Å². The molecule has 1 aromatic rings. The molecule has 0 spiro atoms. The van der Waals surface area contributed by atoms with Gasteiger partial charge in [0.1, 0.15) is 0 Å². The van der Waals surface area contributed by atoms with Crippen molar-refractivity contribution in [3.8, 4) is 0 Å². The number of carbonyl (C=O) groups is 1. The summed E-state index contributed by atoms with van der Waals surface area (Å²) in [5, 5.41) is 6.52. The van der Waals surface area contributed by atoms with Gasteiger partial charge in [0, 0.05) is 17.8 Å². The minimum Gasteiger partial charge on any atom is -0.382 e. The Morgan fingerprint density at radius 3 is 2.60 bits per heavy atom. The fourth-order valence-electron chi connectivity index (χ4n) is 2.94. The molecule has 3 nitrogen and oxygen atoms in total. The van der Waals surface area contributed by atoms with E-state index in [0.717, 1.165) is 24.1 Å². The largest absolute Gasteiger partial charge is 0.382 e. The second-order valence-corrected chi connectivity index (χ2v) is 6.92. The van der Waals surface area contributed by atoms with E-state index in [4.69, 9.17) is 0 Å². The Kier molecular flexibility index (Phi) is 4.36. The lowest BCUT2D eigenvalue weighted by atomic mass is 9.92. The first-order chi connectivity index (χ1) is 9.37. The summed E-state index contributed by atoms with van der Waals surface area (Å²) in [6, 6.07) is 8.35. The van der Waals surface area contributed by atoms with Crippen molar-refractivity contribution >= 4 is 11.6 Å². The summed E-state index contributed by atoms with van der Waals surface area (Å²) in [7, 11) is 0. The summed E-state index contributed by atoms with van der Waals surface area (Å²) in [6.07, 6.45) is 3.33. The number of amides is 1. The van der Waals surface area contributed by atoms with Crippen molar-refractivity contribution in [1.82, 2.24) is 5.32 Å². The summed E-state index contributed by atoms with van der Waals surface area (Å²) in [5.41, 5.74) is 2.01.